The Labute approximate surface area is 175 Å². The molecule has 6 heteroatoms. The summed E-state index contributed by atoms with van der Waals surface area (Å²) in [5.41, 5.74) is 3.04. The van der Waals surface area contributed by atoms with E-state index in [0.29, 0.717) is 16.8 Å². The van der Waals surface area contributed by atoms with Gasteiger partial charge < -0.3 is 4.74 Å². The second kappa shape index (κ2) is 7.57. The zero-order chi connectivity index (χ0) is 20.5. The highest BCUT2D eigenvalue weighted by atomic mass is 32.1. The molecule has 0 atom stereocenters. The summed E-state index contributed by atoms with van der Waals surface area (Å²) < 4.78 is 7.90. The van der Waals surface area contributed by atoms with Gasteiger partial charge in [0, 0.05) is 23.3 Å². The fraction of sp³-hybridized carbons (Fsp3) is 0.0417. The summed E-state index contributed by atoms with van der Waals surface area (Å²) in [7, 11) is 0. The third-order valence-electron chi connectivity index (χ3n) is 4.94. The predicted octanol–water partition coefficient (Wildman–Crippen LogP) is 4.93. The molecule has 30 heavy (non-hydrogen) atoms. The number of rotatable bonds is 4. The van der Waals surface area contributed by atoms with E-state index in [1.165, 1.54) is 11.3 Å². The van der Waals surface area contributed by atoms with E-state index in [4.69, 9.17) is 4.74 Å². The van der Waals surface area contributed by atoms with E-state index in [1.54, 1.807) is 28.9 Å². The molecule has 0 unspecified atom stereocenters. The molecule has 0 spiro atoms. The molecule has 0 radical (unpaired) electrons. The van der Waals surface area contributed by atoms with Gasteiger partial charge in [0.1, 0.15) is 6.61 Å². The van der Waals surface area contributed by atoms with Gasteiger partial charge in [0.25, 0.3) is 5.56 Å². The number of aromatic nitrogens is 2. The largest absolute Gasteiger partial charge is 0.456 e. The third-order valence-corrected chi connectivity index (χ3v) is 5.88. The van der Waals surface area contributed by atoms with Gasteiger partial charge in [-0.3, -0.25) is 14.2 Å². The SMILES string of the molecule is O=C(OCc1ccccn1)c1cn2c(=O)c(-c3ccccc3)ccc2c2sccc12. The Kier molecular flexibility index (Phi) is 4.61. The molecule has 5 nitrogen and oxygen atoms in total. The minimum absolute atomic E-state index is 0.0717. The standard InChI is InChI=1S/C24H16N2O3S/c27-23-18(16-6-2-1-3-7-16)9-10-21-22-19(11-13-30-22)20(14-26(21)23)24(28)29-15-17-8-4-5-12-25-17/h1-14H,15H2. The van der Waals surface area contributed by atoms with E-state index in [2.05, 4.69) is 4.98 Å². The lowest BCUT2D eigenvalue weighted by Crippen LogP contribution is -2.17. The quantitative estimate of drug-likeness (QED) is 0.393. The number of esters is 1. The van der Waals surface area contributed by atoms with E-state index in [9.17, 15) is 9.59 Å². The number of benzene rings is 1. The maximum atomic E-state index is 13.3. The number of fused-ring (bicyclic) bond motifs is 3. The molecule has 0 aliphatic carbocycles. The van der Waals surface area contributed by atoms with E-state index >= 15 is 0 Å². The molecule has 0 saturated heterocycles. The van der Waals surface area contributed by atoms with Gasteiger partial charge in [0.15, 0.2) is 0 Å². The van der Waals surface area contributed by atoms with Gasteiger partial charge in [0.05, 0.1) is 21.5 Å². The highest BCUT2D eigenvalue weighted by molar-refractivity contribution is 7.18. The highest BCUT2D eigenvalue weighted by Gasteiger charge is 2.18. The van der Waals surface area contributed by atoms with Crippen LogP contribution < -0.4 is 5.56 Å². The predicted molar refractivity (Wildman–Crippen MR) is 118 cm³/mol. The Hall–Kier alpha value is -3.77. The lowest BCUT2D eigenvalue weighted by Gasteiger charge is -2.10. The van der Waals surface area contributed by atoms with Crippen molar-refractivity contribution in [2.45, 2.75) is 6.61 Å². The van der Waals surface area contributed by atoms with Gasteiger partial charge in [-0.1, -0.05) is 36.4 Å². The van der Waals surface area contributed by atoms with E-state index in [-0.39, 0.29) is 12.2 Å². The number of hydrogen-bond acceptors (Lipinski definition) is 5. The zero-order valence-electron chi connectivity index (χ0n) is 15.8. The van der Waals surface area contributed by atoms with Crippen molar-refractivity contribution in [2.75, 3.05) is 0 Å². The normalized spacial score (nSPS) is 11.1. The minimum Gasteiger partial charge on any atom is -0.456 e. The van der Waals surface area contributed by atoms with Crippen molar-refractivity contribution in [3.63, 3.8) is 0 Å². The average molecular weight is 412 g/mol. The van der Waals surface area contributed by atoms with Crippen molar-refractivity contribution in [3.8, 4) is 11.1 Å². The molecule has 5 rings (SSSR count). The van der Waals surface area contributed by atoms with Crippen molar-refractivity contribution in [3.05, 3.63) is 106 Å². The minimum atomic E-state index is -0.483. The molecular weight excluding hydrogens is 396 g/mol. The van der Waals surface area contributed by atoms with Crippen LogP contribution in [0.4, 0.5) is 0 Å². The first kappa shape index (κ1) is 18.3. The van der Waals surface area contributed by atoms with Crippen LogP contribution in [0.1, 0.15) is 16.1 Å². The number of ether oxygens (including phenoxy) is 1. The molecular formula is C24H16N2O3S. The van der Waals surface area contributed by atoms with Crippen LogP contribution in [-0.2, 0) is 11.3 Å². The third kappa shape index (κ3) is 3.17. The lowest BCUT2D eigenvalue weighted by atomic mass is 10.1. The number of hydrogen-bond donors (Lipinski definition) is 0. The summed E-state index contributed by atoms with van der Waals surface area (Å²) in [4.78, 5) is 30.3. The molecule has 4 heterocycles. The number of carbonyl (C=O) groups excluding carboxylic acids is 1. The fourth-order valence-electron chi connectivity index (χ4n) is 3.49. The van der Waals surface area contributed by atoms with Gasteiger partial charge in [-0.15, -0.1) is 11.3 Å². The molecule has 1 aromatic carbocycles. The Bertz CT molecular complexity index is 1420. The van der Waals surface area contributed by atoms with Crippen molar-refractivity contribution in [2.24, 2.45) is 0 Å². The van der Waals surface area contributed by atoms with Crippen LogP contribution >= 0.6 is 11.3 Å². The summed E-state index contributed by atoms with van der Waals surface area (Å²) >= 11 is 1.49. The molecule has 0 N–H and O–H groups in total. The molecule has 5 aromatic rings. The van der Waals surface area contributed by atoms with Crippen molar-refractivity contribution >= 4 is 32.9 Å². The van der Waals surface area contributed by atoms with Crippen LogP contribution in [0.3, 0.4) is 0 Å². The van der Waals surface area contributed by atoms with Crippen LogP contribution in [0.25, 0.3) is 26.7 Å². The van der Waals surface area contributed by atoms with Crippen LogP contribution in [0.2, 0.25) is 0 Å². The first-order valence-corrected chi connectivity index (χ1v) is 10.3. The lowest BCUT2D eigenvalue weighted by molar-refractivity contribution is 0.0469. The van der Waals surface area contributed by atoms with Gasteiger partial charge in [0.2, 0.25) is 0 Å². The molecule has 0 aliphatic heterocycles. The second-order valence-corrected chi connectivity index (χ2v) is 7.69. The Morgan fingerprint density at radius 2 is 1.83 bits per heavy atom. The van der Waals surface area contributed by atoms with Gasteiger partial charge >= 0.3 is 5.97 Å². The molecule has 0 saturated carbocycles. The number of nitrogens with zero attached hydrogens (tertiary/aromatic N) is 2. The van der Waals surface area contributed by atoms with E-state index < -0.39 is 5.97 Å². The first-order valence-electron chi connectivity index (χ1n) is 9.40. The smallest absolute Gasteiger partial charge is 0.340 e. The monoisotopic (exact) mass is 412 g/mol. The number of carbonyl (C=O) groups is 1. The zero-order valence-corrected chi connectivity index (χ0v) is 16.6. The first-order chi connectivity index (χ1) is 14.7. The summed E-state index contributed by atoms with van der Waals surface area (Å²) in [5.74, 6) is -0.483. The maximum Gasteiger partial charge on any atom is 0.340 e. The van der Waals surface area contributed by atoms with Crippen LogP contribution in [0.15, 0.2) is 89.3 Å². The van der Waals surface area contributed by atoms with Crippen LogP contribution in [0, 0.1) is 0 Å². The second-order valence-electron chi connectivity index (χ2n) is 6.78. The van der Waals surface area contributed by atoms with Crippen molar-refractivity contribution in [1.82, 2.24) is 9.38 Å². The molecule has 0 amide bonds. The van der Waals surface area contributed by atoms with Crippen molar-refractivity contribution in [1.29, 1.82) is 0 Å². The fourth-order valence-corrected chi connectivity index (χ4v) is 4.42. The Balaban J connectivity index is 1.62. The molecule has 0 aliphatic rings. The maximum absolute atomic E-state index is 13.3. The van der Waals surface area contributed by atoms with Gasteiger partial charge in [-0.25, -0.2) is 4.79 Å². The van der Waals surface area contributed by atoms with Gasteiger partial charge in [-0.05, 0) is 41.3 Å². The highest BCUT2D eigenvalue weighted by Crippen LogP contribution is 2.30. The summed E-state index contributed by atoms with van der Waals surface area (Å²) in [6, 6.07) is 20.6. The summed E-state index contributed by atoms with van der Waals surface area (Å²) in [5, 5.41) is 2.69. The molecule has 4 aromatic heterocycles. The van der Waals surface area contributed by atoms with Crippen molar-refractivity contribution < 1.29 is 9.53 Å². The summed E-state index contributed by atoms with van der Waals surface area (Å²) in [6.45, 7) is 0.0717. The summed E-state index contributed by atoms with van der Waals surface area (Å²) in [6.07, 6.45) is 3.24. The topological polar surface area (TPSA) is 60.7 Å². The van der Waals surface area contributed by atoms with E-state index in [1.807, 2.05) is 60.0 Å². The number of thiophene rings is 1. The number of pyridine rings is 3. The van der Waals surface area contributed by atoms with Crippen LogP contribution in [0.5, 0.6) is 0 Å². The molecule has 0 fully saturated rings. The molecule has 146 valence electrons. The van der Waals surface area contributed by atoms with Crippen LogP contribution in [-0.4, -0.2) is 15.4 Å². The molecule has 0 bridgehead atoms. The average Bonchev–Trinajstić information content (AvgIpc) is 3.29. The Morgan fingerprint density at radius 3 is 2.63 bits per heavy atom. The van der Waals surface area contributed by atoms with E-state index in [0.717, 1.165) is 21.2 Å². The Morgan fingerprint density at radius 1 is 1.00 bits per heavy atom. The van der Waals surface area contributed by atoms with Gasteiger partial charge in [-0.2, -0.15) is 0 Å².